The maximum atomic E-state index is 14.7. The van der Waals surface area contributed by atoms with E-state index in [4.69, 9.17) is 4.74 Å². The van der Waals surface area contributed by atoms with Gasteiger partial charge in [0.15, 0.2) is 0 Å². The lowest BCUT2D eigenvalue weighted by molar-refractivity contribution is -0.140. The summed E-state index contributed by atoms with van der Waals surface area (Å²) in [6.45, 7) is 2.67. The normalized spacial score (nSPS) is 22.2. The summed E-state index contributed by atoms with van der Waals surface area (Å²) >= 11 is 0. The molecule has 2 heterocycles. The van der Waals surface area contributed by atoms with Crippen molar-refractivity contribution in [3.8, 4) is 5.75 Å². The second-order valence-corrected chi connectivity index (χ2v) is 8.27. The molecule has 0 spiro atoms. The van der Waals surface area contributed by atoms with Gasteiger partial charge in [0, 0.05) is 30.6 Å². The predicted molar refractivity (Wildman–Crippen MR) is 114 cm³/mol. The number of ketones is 1. The molecular formula is C24H25FN2O4. The maximum Gasteiger partial charge on any atom is 0.295 e. The van der Waals surface area contributed by atoms with Crippen molar-refractivity contribution in [3.63, 3.8) is 0 Å². The Morgan fingerprint density at radius 2 is 1.97 bits per heavy atom. The molecule has 2 aliphatic rings. The Hall–Kier alpha value is -3.19. The van der Waals surface area contributed by atoms with Gasteiger partial charge in [0.1, 0.15) is 23.4 Å². The number of rotatable bonds is 5. The molecule has 7 heteroatoms. The standard InChI is InChI=1S/C24H25FN2O4/c1-14-12-16-13-15(8-9-19(16)31-14)22(28)20-21(17-6-4-5-7-18(17)25)27(11-10-26(2)3)24(30)23(20)29/h4-9,13-14,21,28H,10-12H2,1-3H3/b22-20+/t14-,21+/m1/s1. The average Bonchev–Trinajstić information content (AvgIpc) is 3.22. The van der Waals surface area contributed by atoms with Crippen LogP contribution in [0.5, 0.6) is 5.75 Å². The molecule has 2 atom stereocenters. The van der Waals surface area contributed by atoms with E-state index < -0.39 is 23.5 Å². The third-order valence-electron chi connectivity index (χ3n) is 5.70. The molecule has 31 heavy (non-hydrogen) atoms. The molecule has 1 saturated heterocycles. The molecule has 0 aliphatic carbocycles. The summed E-state index contributed by atoms with van der Waals surface area (Å²) in [5, 5.41) is 11.1. The van der Waals surface area contributed by atoms with Crippen LogP contribution >= 0.6 is 0 Å². The Kier molecular flexibility index (Phi) is 5.54. The number of likely N-dealkylation sites (tertiary alicyclic amines) is 1. The minimum absolute atomic E-state index is 0.0300. The second kappa shape index (κ2) is 8.15. The van der Waals surface area contributed by atoms with E-state index in [0.29, 0.717) is 18.5 Å². The summed E-state index contributed by atoms with van der Waals surface area (Å²) in [6, 6.07) is 10.2. The molecule has 162 valence electrons. The van der Waals surface area contributed by atoms with E-state index in [9.17, 15) is 19.1 Å². The van der Waals surface area contributed by atoms with Crippen molar-refractivity contribution in [2.45, 2.75) is 25.5 Å². The highest BCUT2D eigenvalue weighted by atomic mass is 19.1. The molecule has 0 unspecified atom stereocenters. The Morgan fingerprint density at radius 3 is 2.68 bits per heavy atom. The number of likely N-dealkylation sites (N-methyl/N-ethyl adjacent to an activating group) is 1. The van der Waals surface area contributed by atoms with Crippen LogP contribution in [-0.4, -0.2) is 59.9 Å². The summed E-state index contributed by atoms with van der Waals surface area (Å²) < 4.78 is 20.5. The largest absolute Gasteiger partial charge is 0.507 e. The van der Waals surface area contributed by atoms with Gasteiger partial charge in [-0.2, -0.15) is 0 Å². The lowest BCUT2D eigenvalue weighted by Crippen LogP contribution is -2.35. The van der Waals surface area contributed by atoms with Crippen molar-refractivity contribution in [2.24, 2.45) is 0 Å². The lowest BCUT2D eigenvalue weighted by atomic mass is 9.94. The van der Waals surface area contributed by atoms with Crippen LogP contribution in [0.4, 0.5) is 4.39 Å². The monoisotopic (exact) mass is 424 g/mol. The zero-order chi connectivity index (χ0) is 22.3. The van der Waals surface area contributed by atoms with Gasteiger partial charge >= 0.3 is 0 Å². The molecule has 0 bridgehead atoms. The minimum Gasteiger partial charge on any atom is -0.507 e. The van der Waals surface area contributed by atoms with Gasteiger partial charge < -0.3 is 19.6 Å². The smallest absolute Gasteiger partial charge is 0.295 e. The Labute approximate surface area is 180 Å². The molecule has 1 N–H and O–H groups in total. The quantitative estimate of drug-likeness (QED) is 0.454. The molecular weight excluding hydrogens is 399 g/mol. The lowest BCUT2D eigenvalue weighted by Gasteiger charge is -2.26. The van der Waals surface area contributed by atoms with Crippen LogP contribution < -0.4 is 4.74 Å². The number of Topliss-reactive ketones (excluding diaryl/α,β-unsaturated/α-hetero) is 1. The Bertz CT molecular complexity index is 1080. The van der Waals surface area contributed by atoms with E-state index in [0.717, 1.165) is 11.3 Å². The SMILES string of the molecule is C[C@@H]1Cc2cc(/C(O)=C3\C(=O)C(=O)N(CCN(C)C)[C@H]3c3ccccc3F)ccc2O1. The number of carbonyl (C=O) groups is 2. The van der Waals surface area contributed by atoms with Crippen LogP contribution in [0.3, 0.4) is 0 Å². The number of benzene rings is 2. The van der Waals surface area contributed by atoms with E-state index in [2.05, 4.69) is 0 Å². The third kappa shape index (κ3) is 3.81. The molecule has 1 amide bonds. The molecule has 4 rings (SSSR count). The van der Waals surface area contributed by atoms with Crippen molar-refractivity contribution in [2.75, 3.05) is 27.2 Å². The van der Waals surface area contributed by atoms with Gasteiger partial charge in [-0.1, -0.05) is 18.2 Å². The molecule has 2 aliphatic heterocycles. The fraction of sp³-hybridized carbons (Fsp3) is 0.333. The van der Waals surface area contributed by atoms with Crippen molar-refractivity contribution in [1.29, 1.82) is 0 Å². The van der Waals surface area contributed by atoms with Crippen molar-refractivity contribution in [1.82, 2.24) is 9.80 Å². The summed E-state index contributed by atoms with van der Waals surface area (Å²) in [7, 11) is 3.70. The Balaban J connectivity index is 1.84. The van der Waals surface area contributed by atoms with E-state index >= 15 is 0 Å². The highest BCUT2D eigenvalue weighted by molar-refractivity contribution is 6.46. The summed E-state index contributed by atoms with van der Waals surface area (Å²) in [5.74, 6) is -1.65. The van der Waals surface area contributed by atoms with Gasteiger partial charge in [-0.15, -0.1) is 0 Å². The zero-order valence-corrected chi connectivity index (χ0v) is 17.8. The minimum atomic E-state index is -0.996. The van der Waals surface area contributed by atoms with Crippen molar-refractivity contribution >= 4 is 17.4 Å². The summed E-state index contributed by atoms with van der Waals surface area (Å²) in [6.07, 6.45) is 0.715. The molecule has 6 nitrogen and oxygen atoms in total. The van der Waals surface area contributed by atoms with E-state index in [1.165, 1.54) is 11.0 Å². The first-order valence-corrected chi connectivity index (χ1v) is 10.3. The van der Waals surface area contributed by atoms with Gasteiger partial charge in [0.05, 0.1) is 11.6 Å². The molecule has 0 aromatic heterocycles. The number of amides is 1. The number of hydrogen-bond acceptors (Lipinski definition) is 5. The van der Waals surface area contributed by atoms with Gasteiger partial charge in [-0.3, -0.25) is 9.59 Å². The van der Waals surface area contributed by atoms with Crippen molar-refractivity contribution < 1.29 is 23.8 Å². The fourth-order valence-corrected chi connectivity index (χ4v) is 4.16. The second-order valence-electron chi connectivity index (χ2n) is 8.27. The zero-order valence-electron chi connectivity index (χ0n) is 17.8. The van der Waals surface area contributed by atoms with Gasteiger partial charge in [0.25, 0.3) is 11.7 Å². The van der Waals surface area contributed by atoms with Gasteiger partial charge in [0.2, 0.25) is 0 Å². The number of carbonyl (C=O) groups excluding carboxylic acids is 2. The van der Waals surface area contributed by atoms with Gasteiger partial charge in [-0.25, -0.2) is 4.39 Å². The predicted octanol–water partition coefficient (Wildman–Crippen LogP) is 3.13. The molecule has 0 saturated carbocycles. The number of aliphatic hydroxyl groups excluding tert-OH is 1. The van der Waals surface area contributed by atoms with Crippen LogP contribution in [0.2, 0.25) is 0 Å². The van der Waals surface area contributed by atoms with Crippen LogP contribution in [0, 0.1) is 5.82 Å². The maximum absolute atomic E-state index is 14.7. The molecule has 2 aromatic rings. The van der Waals surface area contributed by atoms with E-state index in [1.54, 1.807) is 36.4 Å². The number of aliphatic hydroxyl groups is 1. The first kappa shape index (κ1) is 21.1. The highest BCUT2D eigenvalue weighted by Crippen LogP contribution is 2.41. The third-order valence-corrected chi connectivity index (χ3v) is 5.70. The number of fused-ring (bicyclic) bond motifs is 1. The Morgan fingerprint density at radius 1 is 1.23 bits per heavy atom. The number of ether oxygens (including phenoxy) is 1. The first-order valence-electron chi connectivity index (χ1n) is 10.3. The van der Waals surface area contributed by atoms with Crippen LogP contribution in [0.15, 0.2) is 48.0 Å². The van der Waals surface area contributed by atoms with E-state index in [-0.39, 0.29) is 29.5 Å². The summed E-state index contributed by atoms with van der Waals surface area (Å²) in [4.78, 5) is 29.1. The van der Waals surface area contributed by atoms with Crippen LogP contribution in [0.25, 0.3) is 5.76 Å². The molecule has 0 radical (unpaired) electrons. The van der Waals surface area contributed by atoms with Gasteiger partial charge in [-0.05, 0) is 50.8 Å². The van der Waals surface area contributed by atoms with Crippen molar-refractivity contribution in [3.05, 3.63) is 70.5 Å². The first-order chi connectivity index (χ1) is 14.8. The van der Waals surface area contributed by atoms with Crippen LogP contribution in [-0.2, 0) is 16.0 Å². The average molecular weight is 424 g/mol. The number of halogens is 1. The molecule has 2 aromatic carbocycles. The highest BCUT2D eigenvalue weighted by Gasteiger charge is 2.46. The van der Waals surface area contributed by atoms with Crippen LogP contribution in [0.1, 0.15) is 29.7 Å². The fourth-order valence-electron chi connectivity index (χ4n) is 4.16. The number of hydrogen-bond donors (Lipinski definition) is 1. The number of nitrogens with zero attached hydrogens (tertiary/aromatic N) is 2. The topological polar surface area (TPSA) is 70.1 Å². The van der Waals surface area contributed by atoms with E-state index in [1.807, 2.05) is 25.9 Å². The molecule has 1 fully saturated rings. The summed E-state index contributed by atoms with van der Waals surface area (Å²) in [5.41, 5.74) is 1.41.